The van der Waals surface area contributed by atoms with Crippen LogP contribution in [0.5, 0.6) is 5.75 Å². The number of nitrogens with one attached hydrogen (secondary N) is 2. The maximum Gasteiger partial charge on any atom is 0.250 e. The molecular formula is C24H28N2O6. The highest BCUT2D eigenvalue weighted by Crippen LogP contribution is 2.47. The smallest absolute Gasteiger partial charge is 0.250 e. The summed E-state index contributed by atoms with van der Waals surface area (Å²) in [5.74, 6) is 0.327. The number of carbonyl (C=O) groups excluding carboxylic acids is 2. The molecule has 2 heterocycles. The lowest BCUT2D eigenvalue weighted by atomic mass is 9.84. The number of carbonyl (C=O) groups is 2. The van der Waals surface area contributed by atoms with Crippen molar-refractivity contribution in [2.24, 2.45) is 0 Å². The highest BCUT2D eigenvalue weighted by molar-refractivity contribution is 5.92. The van der Waals surface area contributed by atoms with Crippen molar-refractivity contribution in [2.45, 2.75) is 43.6 Å². The number of amides is 2. The van der Waals surface area contributed by atoms with Crippen LogP contribution in [-0.2, 0) is 25.6 Å². The lowest BCUT2D eigenvalue weighted by molar-refractivity contribution is -0.142. The van der Waals surface area contributed by atoms with Gasteiger partial charge >= 0.3 is 0 Å². The Hall–Kier alpha value is -2.94. The largest absolute Gasteiger partial charge is 0.487 e. The molecule has 2 aromatic rings. The number of ether oxygens (including phenoxy) is 3. The van der Waals surface area contributed by atoms with Crippen LogP contribution < -0.4 is 15.4 Å². The quantitative estimate of drug-likeness (QED) is 0.580. The van der Waals surface area contributed by atoms with Crippen molar-refractivity contribution in [3.05, 3.63) is 59.7 Å². The molecule has 2 amide bonds. The Bertz CT molecular complexity index is 951. The van der Waals surface area contributed by atoms with E-state index in [0.29, 0.717) is 24.4 Å². The van der Waals surface area contributed by atoms with E-state index >= 15 is 0 Å². The molecule has 1 fully saturated rings. The predicted molar refractivity (Wildman–Crippen MR) is 117 cm³/mol. The second kappa shape index (κ2) is 10.1. The summed E-state index contributed by atoms with van der Waals surface area (Å²) < 4.78 is 16.9. The van der Waals surface area contributed by atoms with Crippen LogP contribution >= 0.6 is 0 Å². The molecule has 1 saturated heterocycles. The van der Waals surface area contributed by atoms with Crippen molar-refractivity contribution < 1.29 is 28.9 Å². The van der Waals surface area contributed by atoms with Gasteiger partial charge in [0.2, 0.25) is 11.8 Å². The van der Waals surface area contributed by atoms with E-state index in [4.69, 9.17) is 14.2 Å². The summed E-state index contributed by atoms with van der Waals surface area (Å²) in [6.45, 7) is 0.229. The fourth-order valence-corrected chi connectivity index (χ4v) is 4.37. The lowest BCUT2D eigenvalue weighted by Crippen LogP contribution is -2.47. The van der Waals surface area contributed by atoms with Crippen molar-refractivity contribution in [3.8, 4) is 5.75 Å². The molecule has 0 aliphatic carbocycles. The van der Waals surface area contributed by atoms with E-state index in [1.807, 2.05) is 42.5 Å². The first-order chi connectivity index (χ1) is 15.6. The topological polar surface area (TPSA) is 106 Å². The lowest BCUT2D eigenvalue weighted by Gasteiger charge is -2.37. The Morgan fingerprint density at radius 2 is 1.97 bits per heavy atom. The molecule has 4 atom stereocenters. The molecule has 8 nitrogen and oxygen atoms in total. The summed E-state index contributed by atoms with van der Waals surface area (Å²) in [4.78, 5) is 24.4. The molecule has 8 heteroatoms. The third-order valence-electron chi connectivity index (χ3n) is 5.80. The van der Waals surface area contributed by atoms with Crippen molar-refractivity contribution in [1.82, 2.24) is 5.32 Å². The van der Waals surface area contributed by atoms with E-state index in [9.17, 15) is 14.7 Å². The van der Waals surface area contributed by atoms with E-state index in [-0.39, 0.29) is 49.6 Å². The van der Waals surface area contributed by atoms with Gasteiger partial charge in [-0.2, -0.15) is 0 Å². The molecule has 0 unspecified atom stereocenters. The summed E-state index contributed by atoms with van der Waals surface area (Å²) >= 11 is 0. The highest BCUT2D eigenvalue weighted by atomic mass is 16.6. The number of aliphatic hydroxyl groups excluding tert-OH is 1. The van der Waals surface area contributed by atoms with Crippen molar-refractivity contribution in [3.63, 3.8) is 0 Å². The third-order valence-corrected chi connectivity index (χ3v) is 5.80. The molecule has 0 spiro atoms. The predicted octanol–water partition coefficient (Wildman–Crippen LogP) is 1.97. The maximum atomic E-state index is 12.5. The number of aliphatic hydroxyl groups is 1. The van der Waals surface area contributed by atoms with Gasteiger partial charge in [-0.3, -0.25) is 9.59 Å². The zero-order valence-corrected chi connectivity index (χ0v) is 18.0. The summed E-state index contributed by atoms with van der Waals surface area (Å²) in [6.07, 6.45) is -0.414. The van der Waals surface area contributed by atoms with Gasteiger partial charge in [-0.25, -0.2) is 0 Å². The van der Waals surface area contributed by atoms with Gasteiger partial charge in [0.05, 0.1) is 19.1 Å². The van der Waals surface area contributed by atoms with Crippen molar-refractivity contribution >= 4 is 17.5 Å². The summed E-state index contributed by atoms with van der Waals surface area (Å²) in [7, 11) is 1.47. The molecule has 4 rings (SSSR count). The fraction of sp³-hybridized carbons (Fsp3) is 0.417. The van der Waals surface area contributed by atoms with E-state index in [1.54, 1.807) is 6.07 Å². The number of benzene rings is 2. The zero-order chi connectivity index (χ0) is 22.5. The number of hydrogen-bond acceptors (Lipinski definition) is 6. The number of methoxy groups -OCH3 is 1. The molecule has 0 bridgehead atoms. The van der Waals surface area contributed by atoms with E-state index < -0.39 is 6.10 Å². The second-order valence-corrected chi connectivity index (χ2v) is 8.10. The van der Waals surface area contributed by atoms with Crippen LogP contribution in [0.2, 0.25) is 0 Å². The van der Waals surface area contributed by atoms with Crippen LogP contribution in [0.1, 0.15) is 29.9 Å². The SMILES string of the molecule is COCC(=O)Nc1ccc2c(c1)[C@@H]1C[C@H](CC(=O)NCc3ccccc3)O[C@H](CO)[C@@H]1O2. The van der Waals surface area contributed by atoms with Crippen LogP contribution in [-0.4, -0.2) is 55.6 Å². The van der Waals surface area contributed by atoms with Crippen molar-refractivity contribution in [1.29, 1.82) is 0 Å². The molecule has 0 aromatic heterocycles. The summed E-state index contributed by atoms with van der Waals surface area (Å²) in [6, 6.07) is 15.2. The fourth-order valence-electron chi connectivity index (χ4n) is 4.37. The molecular weight excluding hydrogens is 412 g/mol. The first-order valence-electron chi connectivity index (χ1n) is 10.7. The molecule has 32 heavy (non-hydrogen) atoms. The zero-order valence-electron chi connectivity index (χ0n) is 18.0. The summed E-state index contributed by atoms with van der Waals surface area (Å²) in [5.41, 5.74) is 2.63. The maximum absolute atomic E-state index is 12.5. The average Bonchev–Trinajstić information content (AvgIpc) is 3.16. The Balaban J connectivity index is 1.42. The standard InChI is InChI=1S/C24H28N2O6/c1-30-14-23(29)26-16-7-8-20-18(9-16)19-10-17(31-21(13-27)24(19)32-20)11-22(28)25-12-15-5-3-2-4-6-15/h2-9,17,19,21,24,27H,10-14H2,1H3,(H,25,28)(H,26,29)/t17-,19+,21-,24-/m1/s1. The van der Waals surface area contributed by atoms with Gasteiger partial charge in [0.1, 0.15) is 24.6 Å². The van der Waals surface area contributed by atoms with Gasteiger partial charge in [0.15, 0.2) is 0 Å². The van der Waals surface area contributed by atoms with Crippen LogP contribution in [0.4, 0.5) is 5.69 Å². The van der Waals surface area contributed by atoms with Crippen molar-refractivity contribution in [2.75, 3.05) is 25.6 Å². The van der Waals surface area contributed by atoms with Gasteiger partial charge in [0.25, 0.3) is 0 Å². The molecule has 2 aromatic carbocycles. The molecule has 0 saturated carbocycles. The average molecular weight is 440 g/mol. The number of anilines is 1. The third kappa shape index (κ3) is 5.09. The van der Waals surface area contributed by atoms with E-state index in [2.05, 4.69) is 10.6 Å². The number of fused-ring (bicyclic) bond motifs is 3. The normalized spacial score (nSPS) is 23.6. The summed E-state index contributed by atoms with van der Waals surface area (Å²) in [5, 5.41) is 15.6. The van der Waals surface area contributed by atoms with Gasteiger partial charge < -0.3 is 30.0 Å². The first kappa shape index (κ1) is 22.3. The molecule has 2 aliphatic rings. The van der Waals surface area contributed by atoms with Gasteiger partial charge in [-0.1, -0.05) is 30.3 Å². The number of hydrogen-bond donors (Lipinski definition) is 3. The molecule has 0 radical (unpaired) electrons. The van der Waals surface area contributed by atoms with Gasteiger partial charge in [-0.05, 0) is 30.2 Å². The molecule has 2 aliphatic heterocycles. The van der Waals surface area contributed by atoms with Gasteiger partial charge in [-0.15, -0.1) is 0 Å². The Kier molecular flexibility index (Phi) is 7.04. The van der Waals surface area contributed by atoms with Crippen LogP contribution in [0.3, 0.4) is 0 Å². The monoisotopic (exact) mass is 440 g/mol. The number of rotatable bonds is 8. The van der Waals surface area contributed by atoms with Gasteiger partial charge in [0, 0.05) is 30.8 Å². The second-order valence-electron chi connectivity index (χ2n) is 8.10. The minimum absolute atomic E-state index is 0.0275. The highest BCUT2D eigenvalue weighted by Gasteiger charge is 2.46. The van der Waals surface area contributed by atoms with Crippen LogP contribution in [0, 0.1) is 0 Å². The Morgan fingerprint density at radius 3 is 2.72 bits per heavy atom. The van der Waals surface area contributed by atoms with Crippen LogP contribution in [0.15, 0.2) is 48.5 Å². The molecule has 3 N–H and O–H groups in total. The first-order valence-corrected chi connectivity index (χ1v) is 10.7. The van der Waals surface area contributed by atoms with E-state index in [1.165, 1.54) is 7.11 Å². The minimum atomic E-state index is -0.528. The minimum Gasteiger partial charge on any atom is -0.487 e. The van der Waals surface area contributed by atoms with Crippen LogP contribution in [0.25, 0.3) is 0 Å². The molecule has 170 valence electrons. The van der Waals surface area contributed by atoms with E-state index in [0.717, 1.165) is 11.1 Å². The Morgan fingerprint density at radius 1 is 1.16 bits per heavy atom. The Labute approximate surface area is 186 Å².